The molecule has 0 radical (unpaired) electrons. The van der Waals surface area contributed by atoms with E-state index in [-0.39, 0.29) is 18.6 Å². The molecule has 3 rings (SSSR count). The van der Waals surface area contributed by atoms with Crippen molar-refractivity contribution >= 4 is 6.09 Å². The van der Waals surface area contributed by atoms with Crippen LogP contribution in [0, 0.1) is 5.41 Å². The fourth-order valence-corrected chi connectivity index (χ4v) is 3.10. The van der Waals surface area contributed by atoms with E-state index < -0.39 is 6.09 Å². The molecule has 2 aromatic carbocycles. The van der Waals surface area contributed by atoms with Crippen LogP contribution in [0.5, 0.6) is 0 Å². The van der Waals surface area contributed by atoms with Crippen LogP contribution < -0.4 is 5.32 Å². The van der Waals surface area contributed by atoms with Crippen molar-refractivity contribution in [1.29, 1.82) is 0 Å². The molecule has 1 aliphatic rings. The van der Waals surface area contributed by atoms with Crippen LogP contribution >= 0.6 is 0 Å². The molecule has 4 heteroatoms. The summed E-state index contributed by atoms with van der Waals surface area (Å²) in [5, 5.41) is 12.6. The van der Waals surface area contributed by atoms with Gasteiger partial charge in [0.2, 0.25) is 0 Å². The van der Waals surface area contributed by atoms with Crippen molar-refractivity contribution in [1.82, 2.24) is 5.32 Å². The van der Waals surface area contributed by atoms with Gasteiger partial charge in [0.25, 0.3) is 0 Å². The number of benzene rings is 2. The first-order valence-corrected chi connectivity index (χ1v) is 7.83. The van der Waals surface area contributed by atoms with Crippen molar-refractivity contribution in [3.05, 3.63) is 71.3 Å². The number of nitrogens with one attached hydrogen (secondary N) is 1. The van der Waals surface area contributed by atoms with Gasteiger partial charge in [-0.1, -0.05) is 54.6 Å². The van der Waals surface area contributed by atoms with Gasteiger partial charge in [0.1, 0.15) is 6.61 Å². The molecular formula is C19H21NO3. The minimum Gasteiger partial charge on any atom is -0.445 e. The highest BCUT2D eigenvalue weighted by Gasteiger charge is 2.37. The molecule has 0 aliphatic heterocycles. The molecule has 2 N–H and O–H groups in total. The Kier molecular flexibility index (Phi) is 4.63. The number of carbonyl (C=O) groups is 1. The predicted molar refractivity (Wildman–Crippen MR) is 88.0 cm³/mol. The van der Waals surface area contributed by atoms with Gasteiger partial charge in [0.05, 0.1) is 6.61 Å². The minimum atomic E-state index is -0.447. The van der Waals surface area contributed by atoms with Gasteiger partial charge in [0, 0.05) is 12.0 Å². The van der Waals surface area contributed by atoms with Gasteiger partial charge in [-0.15, -0.1) is 0 Å². The summed E-state index contributed by atoms with van der Waals surface area (Å²) in [5.74, 6) is 0. The van der Waals surface area contributed by atoms with Crippen molar-refractivity contribution in [2.24, 2.45) is 5.41 Å². The summed E-state index contributed by atoms with van der Waals surface area (Å²) < 4.78 is 5.22. The normalized spacial score (nSPS) is 15.0. The molecule has 1 amide bonds. The van der Waals surface area contributed by atoms with Crippen LogP contribution in [0.15, 0.2) is 54.6 Å². The molecule has 0 unspecified atom stereocenters. The van der Waals surface area contributed by atoms with E-state index >= 15 is 0 Å². The van der Waals surface area contributed by atoms with E-state index in [1.165, 1.54) is 11.1 Å². The van der Waals surface area contributed by atoms with Crippen LogP contribution in [0.2, 0.25) is 0 Å². The molecule has 2 aromatic rings. The lowest BCUT2D eigenvalue weighted by Crippen LogP contribution is -2.41. The molecule has 120 valence electrons. The highest BCUT2D eigenvalue weighted by molar-refractivity contribution is 5.67. The standard InChI is InChI=1S/C19H21NO3/c21-14-19(10-16-8-4-5-9-17(16)11-19)13-20-18(22)23-12-15-6-2-1-3-7-15/h1-9,21H,10-14H2,(H,20,22). The molecule has 0 saturated carbocycles. The lowest BCUT2D eigenvalue weighted by atomic mass is 9.85. The van der Waals surface area contributed by atoms with Gasteiger partial charge < -0.3 is 15.2 Å². The van der Waals surface area contributed by atoms with E-state index in [0.29, 0.717) is 6.54 Å². The van der Waals surface area contributed by atoms with Crippen molar-refractivity contribution in [2.45, 2.75) is 19.4 Å². The van der Waals surface area contributed by atoms with Crippen molar-refractivity contribution in [3.8, 4) is 0 Å². The molecule has 4 nitrogen and oxygen atoms in total. The SMILES string of the molecule is O=C(NCC1(CO)Cc2ccccc2C1)OCc1ccccc1. The molecule has 0 aromatic heterocycles. The van der Waals surface area contributed by atoms with Gasteiger partial charge in [-0.3, -0.25) is 0 Å². The first kappa shape index (κ1) is 15.6. The number of carbonyl (C=O) groups excluding carboxylic acids is 1. The zero-order valence-electron chi connectivity index (χ0n) is 13.0. The first-order valence-electron chi connectivity index (χ1n) is 7.83. The van der Waals surface area contributed by atoms with Crippen molar-refractivity contribution < 1.29 is 14.6 Å². The van der Waals surface area contributed by atoms with Gasteiger partial charge >= 0.3 is 6.09 Å². The Morgan fingerprint density at radius 3 is 2.26 bits per heavy atom. The average Bonchev–Trinajstić information content (AvgIpc) is 2.98. The summed E-state index contributed by atoms with van der Waals surface area (Å²) in [6.45, 7) is 0.700. The molecular weight excluding hydrogens is 290 g/mol. The Bertz CT molecular complexity index is 644. The third kappa shape index (κ3) is 3.71. The number of fused-ring (bicyclic) bond motifs is 1. The van der Waals surface area contributed by atoms with E-state index in [4.69, 9.17) is 4.74 Å². The van der Waals surface area contributed by atoms with Crippen LogP contribution in [0.25, 0.3) is 0 Å². The maximum atomic E-state index is 11.9. The van der Waals surface area contributed by atoms with E-state index in [1.807, 2.05) is 42.5 Å². The van der Waals surface area contributed by atoms with E-state index in [0.717, 1.165) is 18.4 Å². The molecule has 0 bridgehead atoms. The monoisotopic (exact) mass is 311 g/mol. The van der Waals surface area contributed by atoms with Crippen molar-refractivity contribution in [2.75, 3.05) is 13.2 Å². The zero-order chi connectivity index (χ0) is 16.1. The highest BCUT2D eigenvalue weighted by atomic mass is 16.5. The first-order chi connectivity index (χ1) is 11.2. The second kappa shape index (κ2) is 6.84. The Hall–Kier alpha value is -2.33. The number of ether oxygens (including phenoxy) is 1. The Labute approximate surface area is 136 Å². The number of hydrogen-bond donors (Lipinski definition) is 2. The fraction of sp³-hybridized carbons (Fsp3) is 0.316. The summed E-state index contributed by atoms with van der Waals surface area (Å²) in [5.41, 5.74) is 3.13. The van der Waals surface area contributed by atoms with Gasteiger partial charge in [-0.2, -0.15) is 0 Å². The van der Waals surface area contributed by atoms with Crippen LogP contribution in [0.4, 0.5) is 4.79 Å². The largest absolute Gasteiger partial charge is 0.445 e. The Morgan fingerprint density at radius 1 is 1.04 bits per heavy atom. The number of aliphatic hydroxyl groups is 1. The van der Waals surface area contributed by atoms with Gasteiger partial charge in [-0.25, -0.2) is 4.79 Å². The smallest absolute Gasteiger partial charge is 0.407 e. The molecule has 0 heterocycles. The van der Waals surface area contributed by atoms with Crippen LogP contribution in [0.3, 0.4) is 0 Å². The predicted octanol–water partition coefficient (Wildman–Crippen LogP) is 2.69. The third-order valence-electron chi connectivity index (χ3n) is 4.41. The molecule has 0 fully saturated rings. The Morgan fingerprint density at radius 2 is 1.65 bits per heavy atom. The molecule has 23 heavy (non-hydrogen) atoms. The van der Waals surface area contributed by atoms with Crippen LogP contribution in [-0.4, -0.2) is 24.4 Å². The number of hydrogen-bond acceptors (Lipinski definition) is 3. The summed E-state index contributed by atoms with van der Waals surface area (Å²) in [6, 6.07) is 17.8. The van der Waals surface area contributed by atoms with Crippen LogP contribution in [-0.2, 0) is 24.2 Å². The summed E-state index contributed by atoms with van der Waals surface area (Å²) >= 11 is 0. The third-order valence-corrected chi connectivity index (χ3v) is 4.41. The fourth-order valence-electron chi connectivity index (χ4n) is 3.10. The maximum Gasteiger partial charge on any atom is 0.407 e. The van der Waals surface area contributed by atoms with Gasteiger partial charge in [0.15, 0.2) is 0 Å². The Balaban J connectivity index is 1.52. The number of rotatable bonds is 5. The summed E-state index contributed by atoms with van der Waals surface area (Å²) in [6.07, 6.45) is 1.11. The summed E-state index contributed by atoms with van der Waals surface area (Å²) in [7, 11) is 0. The minimum absolute atomic E-state index is 0.0423. The maximum absolute atomic E-state index is 11.9. The van der Waals surface area contributed by atoms with E-state index in [2.05, 4.69) is 17.4 Å². The van der Waals surface area contributed by atoms with Crippen LogP contribution in [0.1, 0.15) is 16.7 Å². The topological polar surface area (TPSA) is 58.6 Å². The second-order valence-corrected chi connectivity index (χ2v) is 6.20. The molecule has 0 spiro atoms. The second-order valence-electron chi connectivity index (χ2n) is 6.20. The number of aliphatic hydroxyl groups excluding tert-OH is 1. The molecule has 1 aliphatic carbocycles. The lowest BCUT2D eigenvalue weighted by Gasteiger charge is -2.26. The average molecular weight is 311 g/mol. The van der Waals surface area contributed by atoms with Crippen molar-refractivity contribution in [3.63, 3.8) is 0 Å². The van der Waals surface area contributed by atoms with E-state index in [1.54, 1.807) is 0 Å². The number of alkyl carbamates (subject to hydrolysis) is 1. The zero-order valence-corrected chi connectivity index (χ0v) is 13.0. The molecule has 0 saturated heterocycles. The van der Waals surface area contributed by atoms with E-state index in [9.17, 15) is 9.90 Å². The van der Waals surface area contributed by atoms with Gasteiger partial charge in [-0.05, 0) is 29.5 Å². The summed E-state index contributed by atoms with van der Waals surface area (Å²) in [4.78, 5) is 11.9. The highest BCUT2D eigenvalue weighted by Crippen LogP contribution is 2.36. The quantitative estimate of drug-likeness (QED) is 0.892. The lowest BCUT2D eigenvalue weighted by molar-refractivity contribution is 0.111. The number of amides is 1. The molecule has 0 atom stereocenters.